The zero-order valence-corrected chi connectivity index (χ0v) is 23.4. The molecular weight excluding hydrogens is 526 g/mol. The van der Waals surface area contributed by atoms with Crippen molar-refractivity contribution in [2.24, 2.45) is 0 Å². The van der Waals surface area contributed by atoms with Crippen molar-refractivity contribution in [3.05, 3.63) is 80.2 Å². The maximum absolute atomic E-state index is 13.4. The summed E-state index contributed by atoms with van der Waals surface area (Å²) in [5.41, 5.74) is 2.96. The highest BCUT2D eigenvalue weighted by atomic mass is 16.6. The predicted molar refractivity (Wildman–Crippen MR) is 148 cm³/mol. The molecule has 1 N–H and O–H groups in total. The Morgan fingerprint density at radius 2 is 2.12 bits per heavy atom. The number of aromatic nitrogens is 1. The highest BCUT2D eigenvalue weighted by Crippen LogP contribution is 2.69. The van der Waals surface area contributed by atoms with Crippen molar-refractivity contribution in [2.45, 2.75) is 56.3 Å². The molecule has 3 aromatic rings. The molecular formula is C31H31N3O7. The molecule has 2 aliphatic carbocycles. The van der Waals surface area contributed by atoms with E-state index in [0.29, 0.717) is 52.4 Å². The summed E-state index contributed by atoms with van der Waals surface area (Å²) in [5.74, 6) is 0.678. The SMILES string of the molecule is CCOC(=O)c1c(C)nc2c(c1-c1cccc([N+](=O)[O-])c1)CC1(O)C3Cc4ccc(OC)c5c4C1(CCN3C)C2O5. The Kier molecular flexibility index (Phi) is 5.52. The lowest BCUT2D eigenvalue weighted by Crippen LogP contribution is -2.74. The smallest absolute Gasteiger partial charge is 0.340 e. The molecule has 4 atom stereocenters. The number of methoxy groups -OCH3 is 1. The molecule has 4 unspecified atom stereocenters. The molecule has 7 rings (SSSR count). The molecule has 1 spiro atoms. The second-order valence-corrected chi connectivity index (χ2v) is 11.5. The number of carbonyl (C=O) groups excluding carboxylic acids is 1. The minimum absolute atomic E-state index is 0.0975. The third-order valence-electron chi connectivity index (χ3n) is 9.72. The second-order valence-electron chi connectivity index (χ2n) is 11.5. The van der Waals surface area contributed by atoms with E-state index in [1.165, 1.54) is 12.1 Å². The van der Waals surface area contributed by atoms with Gasteiger partial charge in [0.25, 0.3) is 5.69 Å². The molecule has 0 saturated carbocycles. The number of non-ortho nitro benzene ring substituents is 1. The number of likely N-dealkylation sites (tertiary alicyclic amines) is 1. The zero-order chi connectivity index (χ0) is 28.8. The zero-order valence-electron chi connectivity index (χ0n) is 23.4. The summed E-state index contributed by atoms with van der Waals surface area (Å²) in [6.45, 7) is 4.41. The van der Waals surface area contributed by atoms with E-state index in [-0.39, 0.29) is 30.3 Å². The molecule has 0 radical (unpaired) electrons. The molecule has 4 aliphatic rings. The fourth-order valence-corrected chi connectivity index (χ4v) is 8.05. The van der Waals surface area contributed by atoms with Gasteiger partial charge >= 0.3 is 5.97 Å². The summed E-state index contributed by atoms with van der Waals surface area (Å²) in [4.78, 5) is 31.9. The van der Waals surface area contributed by atoms with Crippen LogP contribution in [0.3, 0.4) is 0 Å². The Labute approximate surface area is 237 Å². The lowest BCUT2D eigenvalue weighted by Gasteiger charge is -2.62. The summed E-state index contributed by atoms with van der Waals surface area (Å²) in [6, 6.07) is 10.0. The number of nitro benzene ring substituents is 1. The van der Waals surface area contributed by atoms with Crippen LogP contribution in [-0.2, 0) is 23.0 Å². The van der Waals surface area contributed by atoms with Crippen LogP contribution in [0, 0.1) is 17.0 Å². The van der Waals surface area contributed by atoms with E-state index < -0.39 is 28.0 Å². The number of likely N-dealkylation sites (N-methyl/N-ethyl adjacent to an activating group) is 1. The fourth-order valence-electron chi connectivity index (χ4n) is 8.05. The van der Waals surface area contributed by atoms with E-state index in [0.717, 1.165) is 17.7 Å². The van der Waals surface area contributed by atoms with Gasteiger partial charge in [-0.05, 0) is 63.0 Å². The van der Waals surface area contributed by atoms with Crippen LogP contribution in [0.15, 0.2) is 36.4 Å². The number of rotatable bonds is 5. The molecule has 1 fully saturated rings. The molecule has 1 saturated heterocycles. The largest absolute Gasteiger partial charge is 0.493 e. The first-order valence-corrected chi connectivity index (χ1v) is 13.9. The van der Waals surface area contributed by atoms with Gasteiger partial charge in [-0.2, -0.15) is 0 Å². The van der Waals surface area contributed by atoms with Crippen molar-refractivity contribution in [1.29, 1.82) is 0 Å². The number of ether oxygens (including phenoxy) is 3. The number of aliphatic hydroxyl groups is 1. The number of fused-ring (bicyclic) bond motifs is 2. The second kappa shape index (κ2) is 8.74. The van der Waals surface area contributed by atoms with Gasteiger partial charge in [0.1, 0.15) is 0 Å². The first kappa shape index (κ1) is 25.9. The topological polar surface area (TPSA) is 124 Å². The van der Waals surface area contributed by atoms with Crippen LogP contribution in [-0.4, -0.2) is 64.8 Å². The van der Waals surface area contributed by atoms with Crippen molar-refractivity contribution in [1.82, 2.24) is 9.88 Å². The Bertz CT molecular complexity index is 1660. The highest BCUT2D eigenvalue weighted by Gasteiger charge is 2.72. The third kappa shape index (κ3) is 3.20. The fraction of sp³-hybridized carbons (Fsp3) is 0.419. The van der Waals surface area contributed by atoms with Crippen molar-refractivity contribution < 1.29 is 29.0 Å². The lowest BCUT2D eigenvalue weighted by atomic mass is 9.48. The van der Waals surface area contributed by atoms with Crippen molar-refractivity contribution in [3.63, 3.8) is 0 Å². The van der Waals surface area contributed by atoms with Gasteiger partial charge in [0.2, 0.25) is 0 Å². The van der Waals surface area contributed by atoms with E-state index in [2.05, 4.69) is 11.0 Å². The third-order valence-corrected chi connectivity index (χ3v) is 9.72. The van der Waals surface area contributed by atoms with Crippen LogP contribution in [0.1, 0.15) is 57.9 Å². The summed E-state index contributed by atoms with van der Waals surface area (Å²) >= 11 is 0. The average Bonchev–Trinajstić information content (AvgIpc) is 3.30. The lowest BCUT2D eigenvalue weighted by molar-refractivity contribution is -0.384. The molecule has 1 aromatic heterocycles. The maximum Gasteiger partial charge on any atom is 0.340 e. The van der Waals surface area contributed by atoms with Crippen molar-refractivity contribution >= 4 is 11.7 Å². The predicted octanol–water partition coefficient (Wildman–Crippen LogP) is 4.07. The van der Waals surface area contributed by atoms with Crippen LogP contribution in [0.2, 0.25) is 0 Å². The number of esters is 1. The van der Waals surface area contributed by atoms with Crippen molar-refractivity contribution in [2.75, 3.05) is 27.3 Å². The summed E-state index contributed by atoms with van der Waals surface area (Å²) in [5, 5.41) is 24.7. The quantitative estimate of drug-likeness (QED) is 0.281. The van der Waals surface area contributed by atoms with Gasteiger partial charge in [0, 0.05) is 35.7 Å². The number of carbonyl (C=O) groups is 1. The highest BCUT2D eigenvalue weighted by molar-refractivity contribution is 6.00. The number of piperidine rings is 1. The first-order valence-electron chi connectivity index (χ1n) is 13.9. The van der Waals surface area contributed by atoms with Crippen LogP contribution in [0.25, 0.3) is 11.1 Å². The number of hydrogen-bond acceptors (Lipinski definition) is 9. The van der Waals surface area contributed by atoms with Crippen LogP contribution >= 0.6 is 0 Å². The van der Waals surface area contributed by atoms with Gasteiger partial charge in [-0.3, -0.25) is 15.1 Å². The van der Waals surface area contributed by atoms with Crippen LogP contribution in [0.5, 0.6) is 11.5 Å². The minimum Gasteiger partial charge on any atom is -0.493 e. The van der Waals surface area contributed by atoms with Gasteiger partial charge in [0.05, 0.1) is 46.6 Å². The van der Waals surface area contributed by atoms with Gasteiger partial charge in [-0.25, -0.2) is 4.79 Å². The van der Waals surface area contributed by atoms with Crippen molar-refractivity contribution in [3.8, 4) is 22.6 Å². The number of hydrogen-bond donors (Lipinski definition) is 1. The molecule has 10 nitrogen and oxygen atoms in total. The summed E-state index contributed by atoms with van der Waals surface area (Å²) in [6.07, 6.45) is 0.846. The van der Waals surface area contributed by atoms with Crippen LogP contribution < -0.4 is 9.47 Å². The van der Waals surface area contributed by atoms with Gasteiger partial charge in [0.15, 0.2) is 17.6 Å². The maximum atomic E-state index is 13.4. The van der Waals surface area contributed by atoms with E-state index in [4.69, 9.17) is 19.2 Å². The first-order chi connectivity index (χ1) is 19.7. The van der Waals surface area contributed by atoms with Crippen LogP contribution in [0.4, 0.5) is 5.69 Å². The number of aryl methyl sites for hydroxylation is 1. The standard InChI is InChI=1S/C31H31N3O7/c1-5-40-29(35)23-16(2)32-26-20(24(23)17-7-6-8-19(13-17)34(37)38)15-31(36)22-14-18-9-10-21(39-4)27-25(18)30(31,28(26)41-27)11-12-33(22)3/h6-10,13,22,28,36H,5,11-12,14-15H2,1-4H3. The number of pyridine rings is 1. The Hall–Kier alpha value is -4.02. The number of nitrogens with zero attached hydrogens (tertiary/aromatic N) is 3. The minimum atomic E-state index is -1.26. The molecule has 212 valence electrons. The monoisotopic (exact) mass is 557 g/mol. The number of nitro groups is 1. The Balaban J connectivity index is 1.56. The molecule has 41 heavy (non-hydrogen) atoms. The molecule has 2 aliphatic heterocycles. The molecule has 0 amide bonds. The Morgan fingerprint density at radius 3 is 2.85 bits per heavy atom. The molecule has 2 aromatic carbocycles. The van der Waals surface area contributed by atoms with E-state index in [9.17, 15) is 20.0 Å². The van der Waals surface area contributed by atoms with E-state index >= 15 is 0 Å². The van der Waals surface area contributed by atoms with Gasteiger partial charge in [-0.15, -0.1) is 0 Å². The van der Waals surface area contributed by atoms with E-state index in [1.807, 2.05) is 13.1 Å². The Morgan fingerprint density at radius 1 is 1.32 bits per heavy atom. The summed E-state index contributed by atoms with van der Waals surface area (Å²) in [7, 11) is 3.64. The molecule has 10 heteroatoms. The van der Waals surface area contributed by atoms with Gasteiger partial charge in [-0.1, -0.05) is 18.2 Å². The molecule has 3 heterocycles. The summed E-state index contributed by atoms with van der Waals surface area (Å²) < 4.78 is 18.0. The van der Waals surface area contributed by atoms with E-state index in [1.54, 1.807) is 33.1 Å². The number of benzene rings is 2. The normalized spacial score (nSPS) is 27.0. The van der Waals surface area contributed by atoms with Gasteiger partial charge < -0.3 is 24.2 Å². The molecule has 2 bridgehead atoms. The average molecular weight is 558 g/mol.